The van der Waals surface area contributed by atoms with Crippen molar-refractivity contribution in [1.29, 1.82) is 0 Å². The number of rotatable bonds is 16. The normalized spacial score (nSPS) is 11.4. The van der Waals surface area contributed by atoms with Crippen LogP contribution in [0.5, 0.6) is 0 Å². The summed E-state index contributed by atoms with van der Waals surface area (Å²) in [6.45, 7) is 6.78. The number of hydrogen-bond acceptors (Lipinski definition) is 4. The summed E-state index contributed by atoms with van der Waals surface area (Å²) < 4.78 is 10.6. The predicted molar refractivity (Wildman–Crippen MR) is 110 cm³/mol. The van der Waals surface area contributed by atoms with E-state index in [2.05, 4.69) is 25.7 Å². The maximum Gasteiger partial charge on any atom is 0.306 e. The molecule has 0 aliphatic carbocycles. The largest absolute Gasteiger partial charge is 0.466 e. The third-order valence-electron chi connectivity index (χ3n) is 4.36. The fourth-order valence-corrected chi connectivity index (χ4v) is 2.61. The van der Waals surface area contributed by atoms with Gasteiger partial charge in [-0.3, -0.25) is 9.59 Å². The summed E-state index contributed by atoms with van der Waals surface area (Å²) in [6, 6.07) is 0. The second kappa shape index (κ2) is 19.3. The first kappa shape index (κ1) is 25.5. The van der Waals surface area contributed by atoms with E-state index in [1.807, 2.05) is 6.92 Å². The van der Waals surface area contributed by atoms with Crippen LogP contribution in [0.15, 0.2) is 0 Å². The second-order valence-corrected chi connectivity index (χ2v) is 7.02. The van der Waals surface area contributed by atoms with Crippen molar-refractivity contribution < 1.29 is 19.1 Å². The van der Waals surface area contributed by atoms with Gasteiger partial charge in [-0.25, -0.2) is 0 Å². The predicted octanol–water partition coefficient (Wildman–Crippen LogP) is 5.97. The van der Waals surface area contributed by atoms with E-state index < -0.39 is 0 Å². The van der Waals surface area contributed by atoms with E-state index in [0.717, 1.165) is 32.1 Å². The summed E-state index contributed by atoms with van der Waals surface area (Å²) in [5, 5.41) is 0. The van der Waals surface area contributed by atoms with Crippen LogP contribution in [0.4, 0.5) is 0 Å². The van der Waals surface area contributed by atoms with Gasteiger partial charge in [0.1, 0.15) is 6.10 Å². The molecule has 1 unspecified atom stereocenters. The lowest BCUT2D eigenvalue weighted by Crippen LogP contribution is -2.17. The highest BCUT2D eigenvalue weighted by molar-refractivity contribution is 5.72. The van der Waals surface area contributed by atoms with Gasteiger partial charge in [-0.1, -0.05) is 65.2 Å². The fourth-order valence-electron chi connectivity index (χ4n) is 2.61. The van der Waals surface area contributed by atoms with Crippen molar-refractivity contribution in [1.82, 2.24) is 0 Å². The van der Waals surface area contributed by atoms with Crippen LogP contribution in [0.2, 0.25) is 0 Å². The zero-order chi connectivity index (χ0) is 20.2. The molecule has 0 aliphatic heterocycles. The Kier molecular flexibility index (Phi) is 18.2. The number of hydrogen-bond donors (Lipinski definition) is 0. The van der Waals surface area contributed by atoms with Gasteiger partial charge in [-0.2, -0.15) is 0 Å². The Balaban J connectivity index is 3.66. The molecular formula is C23H40O4. The smallest absolute Gasteiger partial charge is 0.306 e. The van der Waals surface area contributed by atoms with E-state index in [9.17, 15) is 9.59 Å². The van der Waals surface area contributed by atoms with Crippen LogP contribution in [-0.4, -0.2) is 24.6 Å². The van der Waals surface area contributed by atoms with Gasteiger partial charge in [0.05, 0.1) is 6.61 Å². The molecule has 0 fully saturated rings. The molecule has 0 bridgehead atoms. The van der Waals surface area contributed by atoms with Gasteiger partial charge in [-0.05, 0) is 25.7 Å². The molecule has 0 saturated heterocycles. The summed E-state index contributed by atoms with van der Waals surface area (Å²) in [4.78, 5) is 23.6. The van der Waals surface area contributed by atoms with Gasteiger partial charge in [0.25, 0.3) is 0 Å². The van der Waals surface area contributed by atoms with Crippen LogP contribution in [0, 0.1) is 11.8 Å². The molecule has 1 atom stereocenters. The first-order chi connectivity index (χ1) is 13.1. The minimum absolute atomic E-state index is 0.147. The van der Waals surface area contributed by atoms with Crippen LogP contribution in [-0.2, 0) is 19.1 Å². The van der Waals surface area contributed by atoms with E-state index >= 15 is 0 Å². The number of unbranched alkanes of at least 4 members (excludes halogenated alkanes) is 7. The zero-order valence-corrected chi connectivity index (χ0v) is 17.8. The molecule has 0 aliphatic rings. The van der Waals surface area contributed by atoms with Crippen molar-refractivity contribution in [2.24, 2.45) is 0 Å². The quantitative estimate of drug-likeness (QED) is 0.188. The lowest BCUT2D eigenvalue weighted by molar-refractivity contribution is -0.149. The van der Waals surface area contributed by atoms with E-state index in [0.29, 0.717) is 19.4 Å². The molecule has 0 aromatic heterocycles. The molecule has 4 heteroatoms. The monoisotopic (exact) mass is 380 g/mol. The molecular weight excluding hydrogens is 340 g/mol. The SMILES string of the molecule is CCCC#CCC(CC)OC(=O)CCCC(=O)OCCCCCCCCC. The highest BCUT2D eigenvalue weighted by Gasteiger charge is 2.12. The van der Waals surface area contributed by atoms with Crippen molar-refractivity contribution in [2.75, 3.05) is 6.61 Å². The van der Waals surface area contributed by atoms with Gasteiger partial charge in [0.2, 0.25) is 0 Å². The van der Waals surface area contributed by atoms with Crippen molar-refractivity contribution >= 4 is 11.9 Å². The standard InChI is InChI=1S/C23H40O4/c1-4-7-9-11-12-13-15-20-26-22(24)18-16-19-23(25)27-21(6-3)17-14-10-8-5-2/h21H,4-9,11-13,15-20H2,1-3H3. The fraction of sp³-hybridized carbons (Fsp3) is 0.826. The van der Waals surface area contributed by atoms with Crippen LogP contribution in [0.25, 0.3) is 0 Å². The highest BCUT2D eigenvalue weighted by atomic mass is 16.5. The van der Waals surface area contributed by atoms with Crippen LogP contribution in [0.3, 0.4) is 0 Å². The van der Waals surface area contributed by atoms with Crippen molar-refractivity contribution in [3.05, 3.63) is 0 Å². The molecule has 0 radical (unpaired) electrons. The number of ether oxygens (including phenoxy) is 2. The maximum absolute atomic E-state index is 11.9. The molecule has 0 spiro atoms. The molecule has 0 rings (SSSR count). The zero-order valence-electron chi connectivity index (χ0n) is 17.8. The Morgan fingerprint density at radius 2 is 1.44 bits per heavy atom. The Bertz CT molecular complexity index is 433. The molecule has 0 heterocycles. The maximum atomic E-state index is 11.9. The average Bonchev–Trinajstić information content (AvgIpc) is 2.66. The summed E-state index contributed by atoms with van der Waals surface area (Å²) in [7, 11) is 0. The minimum atomic E-state index is -0.251. The van der Waals surface area contributed by atoms with Crippen molar-refractivity contribution in [2.45, 2.75) is 117 Å². The molecule has 27 heavy (non-hydrogen) atoms. The molecule has 156 valence electrons. The van der Waals surface area contributed by atoms with Crippen LogP contribution in [0.1, 0.15) is 111 Å². The van der Waals surface area contributed by atoms with E-state index in [1.165, 1.54) is 32.1 Å². The van der Waals surface area contributed by atoms with Crippen molar-refractivity contribution in [3.63, 3.8) is 0 Å². The first-order valence-corrected chi connectivity index (χ1v) is 10.9. The molecule has 0 amide bonds. The Hall–Kier alpha value is -1.50. The number of carbonyl (C=O) groups is 2. The minimum Gasteiger partial charge on any atom is -0.466 e. The van der Waals surface area contributed by atoms with Crippen LogP contribution < -0.4 is 0 Å². The van der Waals surface area contributed by atoms with Gasteiger partial charge >= 0.3 is 11.9 Å². The van der Waals surface area contributed by atoms with Gasteiger partial charge in [0, 0.05) is 25.7 Å². The molecule has 0 saturated carbocycles. The average molecular weight is 381 g/mol. The Morgan fingerprint density at radius 3 is 2.11 bits per heavy atom. The van der Waals surface area contributed by atoms with Gasteiger partial charge in [-0.15, -0.1) is 5.92 Å². The van der Waals surface area contributed by atoms with E-state index in [4.69, 9.17) is 9.47 Å². The third-order valence-corrected chi connectivity index (χ3v) is 4.36. The van der Waals surface area contributed by atoms with Crippen LogP contribution >= 0.6 is 0 Å². The van der Waals surface area contributed by atoms with Gasteiger partial charge in [0.15, 0.2) is 0 Å². The number of esters is 2. The lowest BCUT2D eigenvalue weighted by Gasteiger charge is -2.13. The molecule has 0 aromatic carbocycles. The lowest BCUT2D eigenvalue weighted by atomic mass is 10.1. The summed E-state index contributed by atoms with van der Waals surface area (Å²) in [5.41, 5.74) is 0. The summed E-state index contributed by atoms with van der Waals surface area (Å²) >= 11 is 0. The third kappa shape index (κ3) is 17.7. The Labute approximate surface area is 166 Å². The summed E-state index contributed by atoms with van der Waals surface area (Å²) in [5.74, 6) is 5.67. The van der Waals surface area contributed by atoms with E-state index in [1.54, 1.807) is 0 Å². The molecule has 0 N–H and O–H groups in total. The number of carbonyl (C=O) groups excluding carboxylic acids is 2. The first-order valence-electron chi connectivity index (χ1n) is 10.9. The Morgan fingerprint density at radius 1 is 0.778 bits per heavy atom. The summed E-state index contributed by atoms with van der Waals surface area (Å²) in [6.07, 6.45) is 12.5. The van der Waals surface area contributed by atoms with Gasteiger partial charge < -0.3 is 9.47 Å². The topological polar surface area (TPSA) is 52.6 Å². The van der Waals surface area contributed by atoms with E-state index in [-0.39, 0.29) is 30.9 Å². The van der Waals surface area contributed by atoms with Crippen molar-refractivity contribution in [3.8, 4) is 11.8 Å². The second-order valence-electron chi connectivity index (χ2n) is 7.02. The molecule has 4 nitrogen and oxygen atoms in total. The molecule has 0 aromatic rings. The highest BCUT2D eigenvalue weighted by Crippen LogP contribution is 2.09.